The van der Waals surface area contributed by atoms with Crippen molar-refractivity contribution < 1.29 is 37.0 Å². The first-order valence-electron chi connectivity index (χ1n) is 15.9. The second-order valence-corrected chi connectivity index (χ2v) is 12.8. The van der Waals surface area contributed by atoms with Crippen molar-refractivity contribution in [1.29, 1.82) is 0 Å². The van der Waals surface area contributed by atoms with Crippen LogP contribution >= 0.6 is 11.6 Å². The summed E-state index contributed by atoms with van der Waals surface area (Å²) in [6.45, 7) is 3.50. The highest BCUT2D eigenvalue weighted by Crippen LogP contribution is 2.27. The molecule has 3 N–H and O–H groups in total. The predicted octanol–water partition coefficient (Wildman–Crippen LogP) is 6.39. The van der Waals surface area contributed by atoms with Gasteiger partial charge in [-0.25, -0.2) is 4.79 Å². The van der Waals surface area contributed by atoms with Crippen LogP contribution in [0.5, 0.6) is 11.8 Å². The zero-order valence-corrected chi connectivity index (χ0v) is 28.6. The monoisotopic (exact) mass is 728 g/mol. The van der Waals surface area contributed by atoms with Crippen LogP contribution in [-0.4, -0.2) is 75.9 Å². The number of benzene rings is 2. The molecule has 8 rings (SSSR count). The van der Waals surface area contributed by atoms with E-state index in [4.69, 9.17) is 25.8 Å². The fraction of sp³-hybridized carbons (Fsp3) is 0.353. The van der Waals surface area contributed by atoms with Gasteiger partial charge >= 0.3 is 18.3 Å². The largest absolute Gasteiger partial charge is 0.492 e. The molecule has 51 heavy (non-hydrogen) atoms. The molecular weight excluding hydrogens is 693 g/mol. The Kier molecular flexibility index (Phi) is 12.0. The number of halogens is 4. The Balaban J connectivity index is 1.36. The molecule has 6 bridgehead atoms. The number of aromatic nitrogens is 4. The minimum Gasteiger partial charge on any atom is -0.492 e. The molecular formula is C34H36ClF3N8O5. The maximum absolute atomic E-state index is 13.3. The van der Waals surface area contributed by atoms with Gasteiger partial charge in [-0.05, 0) is 59.9 Å². The lowest BCUT2D eigenvalue weighted by molar-refractivity contribution is -0.154. The Labute approximate surface area is 296 Å². The molecule has 0 fully saturated rings. The van der Waals surface area contributed by atoms with Crippen LogP contribution in [0.4, 0.5) is 35.5 Å². The van der Waals surface area contributed by atoms with Crippen molar-refractivity contribution in [2.24, 2.45) is 5.41 Å². The van der Waals surface area contributed by atoms with E-state index in [2.05, 4.69) is 35.9 Å². The van der Waals surface area contributed by atoms with E-state index in [1.165, 1.54) is 0 Å². The average Bonchev–Trinajstić information content (AvgIpc) is 3.10. The quantitative estimate of drug-likeness (QED) is 0.214. The lowest BCUT2D eigenvalue weighted by Crippen LogP contribution is -2.45. The normalized spacial score (nSPS) is 15.4. The van der Waals surface area contributed by atoms with E-state index in [-0.39, 0.29) is 50.7 Å². The Bertz CT molecular complexity index is 1800. The highest BCUT2D eigenvalue weighted by atomic mass is 35.5. The molecule has 2 aromatic heterocycles. The summed E-state index contributed by atoms with van der Waals surface area (Å²) in [7, 11) is 0. The molecule has 0 atom stereocenters. The van der Waals surface area contributed by atoms with Gasteiger partial charge < -0.3 is 35.1 Å². The zero-order valence-electron chi connectivity index (χ0n) is 27.8. The number of carbonyl (C=O) groups excluding carboxylic acids is 2. The van der Waals surface area contributed by atoms with Crippen LogP contribution in [0.15, 0.2) is 67.0 Å². The number of anilines is 3. The number of nitrogens with one attached hydrogen (secondary N) is 3. The molecule has 6 heterocycles. The maximum Gasteiger partial charge on any atom is 0.422 e. The summed E-state index contributed by atoms with van der Waals surface area (Å²) < 4.78 is 55.0. The maximum atomic E-state index is 13.3. The number of nitrogens with zero attached hydrogens (tertiary/aromatic N) is 5. The summed E-state index contributed by atoms with van der Waals surface area (Å²) in [6, 6.07) is 14.5. The van der Waals surface area contributed by atoms with Crippen molar-refractivity contribution in [3.8, 4) is 11.8 Å². The molecule has 4 aliphatic heterocycles. The van der Waals surface area contributed by atoms with Gasteiger partial charge in [0.25, 0.3) is 5.91 Å². The molecule has 17 heteroatoms. The van der Waals surface area contributed by atoms with Crippen LogP contribution in [0.25, 0.3) is 0 Å². The number of carbonyl (C=O) groups is 2. The number of hydrogen-bond donors (Lipinski definition) is 3. The van der Waals surface area contributed by atoms with Crippen molar-refractivity contribution in [3.05, 3.63) is 88.7 Å². The third-order valence-corrected chi connectivity index (χ3v) is 7.64. The zero-order chi connectivity index (χ0) is 36.4. The summed E-state index contributed by atoms with van der Waals surface area (Å²) in [5.41, 5.74) is 1.69. The van der Waals surface area contributed by atoms with Gasteiger partial charge in [-0.2, -0.15) is 28.1 Å². The van der Waals surface area contributed by atoms with Crippen molar-refractivity contribution in [1.82, 2.24) is 30.2 Å². The van der Waals surface area contributed by atoms with Crippen LogP contribution in [0.1, 0.15) is 41.8 Å². The summed E-state index contributed by atoms with van der Waals surface area (Å²) in [6.07, 6.45) is -1.41. The van der Waals surface area contributed by atoms with Gasteiger partial charge in [0.05, 0.1) is 11.6 Å². The van der Waals surface area contributed by atoms with Crippen LogP contribution in [0, 0.1) is 5.41 Å². The van der Waals surface area contributed by atoms with Crippen molar-refractivity contribution in [3.63, 3.8) is 0 Å². The van der Waals surface area contributed by atoms with E-state index in [0.29, 0.717) is 40.6 Å². The minimum atomic E-state index is -4.61. The SMILES string of the molecule is CC1(C)CNC(=O)c2ccc(cc2)Nc2nc(nc(OCC(F)(F)F)n2)NCc2ccc(c(Cl)c2)OCCCN(C(=O)OCc2cccnc2)C1. The summed E-state index contributed by atoms with van der Waals surface area (Å²) in [5, 5.41) is 9.10. The molecule has 2 aromatic carbocycles. The van der Waals surface area contributed by atoms with Crippen LogP contribution in [-0.2, 0) is 17.9 Å². The molecule has 2 amide bonds. The van der Waals surface area contributed by atoms with E-state index in [1.54, 1.807) is 65.8 Å². The summed E-state index contributed by atoms with van der Waals surface area (Å²) in [4.78, 5) is 44.2. The first kappa shape index (κ1) is 36.9. The summed E-state index contributed by atoms with van der Waals surface area (Å²) in [5.74, 6) is -0.0786. The Morgan fingerprint density at radius 2 is 1.84 bits per heavy atom. The van der Waals surface area contributed by atoms with E-state index in [9.17, 15) is 22.8 Å². The minimum absolute atomic E-state index is 0.0541. The van der Waals surface area contributed by atoms with E-state index in [1.807, 2.05) is 19.9 Å². The number of pyridine rings is 1. The number of hydrogen-bond acceptors (Lipinski definition) is 11. The molecule has 0 radical (unpaired) electrons. The van der Waals surface area contributed by atoms with E-state index >= 15 is 0 Å². The number of ether oxygens (including phenoxy) is 3. The third-order valence-electron chi connectivity index (χ3n) is 7.35. The highest BCUT2D eigenvalue weighted by molar-refractivity contribution is 6.32. The number of alkyl halides is 3. The van der Waals surface area contributed by atoms with Crippen molar-refractivity contribution in [2.45, 2.75) is 39.6 Å². The predicted molar refractivity (Wildman–Crippen MR) is 182 cm³/mol. The van der Waals surface area contributed by atoms with Gasteiger partial charge in [0.2, 0.25) is 11.9 Å². The van der Waals surface area contributed by atoms with Gasteiger partial charge in [0.15, 0.2) is 6.61 Å². The standard InChI is InChI=1S/C34H36ClF3N8O5/c1-33(2)19-41-28(47)24-7-9-25(10-8-24)42-30-43-29(44-31(45-30)51-21-34(36,37)38)40-17-22-6-11-27(26(35)15-22)49-14-4-13-46(20-33)32(48)50-18-23-5-3-12-39-16-23/h3,5-12,15-16H,4,13-14,17-21H2,1-2H3,(H,41,47)(H2,40,42,43,44,45). The van der Waals surface area contributed by atoms with Gasteiger partial charge in [-0.3, -0.25) is 9.78 Å². The van der Waals surface area contributed by atoms with E-state index in [0.717, 1.165) is 5.56 Å². The first-order chi connectivity index (χ1) is 24.3. The lowest BCUT2D eigenvalue weighted by atomic mass is 9.92. The molecule has 0 unspecified atom stereocenters. The number of rotatable bonds is 4. The highest BCUT2D eigenvalue weighted by Gasteiger charge is 2.30. The van der Waals surface area contributed by atoms with Crippen LogP contribution in [0.2, 0.25) is 5.02 Å². The van der Waals surface area contributed by atoms with Crippen molar-refractivity contribution >= 4 is 41.2 Å². The molecule has 13 nitrogen and oxygen atoms in total. The Morgan fingerprint density at radius 1 is 1.06 bits per heavy atom. The summed E-state index contributed by atoms with van der Waals surface area (Å²) >= 11 is 6.51. The third kappa shape index (κ3) is 11.6. The average molecular weight is 729 g/mol. The lowest BCUT2D eigenvalue weighted by Gasteiger charge is -2.32. The first-order valence-corrected chi connectivity index (χ1v) is 16.3. The Morgan fingerprint density at radius 3 is 2.57 bits per heavy atom. The topological polar surface area (TPSA) is 153 Å². The smallest absolute Gasteiger partial charge is 0.422 e. The molecule has 270 valence electrons. The second-order valence-electron chi connectivity index (χ2n) is 12.4. The van der Waals surface area contributed by atoms with E-state index < -0.39 is 30.3 Å². The fourth-order valence-corrected chi connectivity index (χ4v) is 5.13. The van der Waals surface area contributed by atoms with Crippen LogP contribution in [0.3, 0.4) is 0 Å². The molecule has 4 aliphatic rings. The molecule has 4 aromatic rings. The van der Waals surface area contributed by atoms with Crippen LogP contribution < -0.4 is 25.4 Å². The van der Waals surface area contributed by atoms with Gasteiger partial charge in [0, 0.05) is 55.4 Å². The fourth-order valence-electron chi connectivity index (χ4n) is 4.88. The Hall–Kier alpha value is -5.38. The molecule has 0 saturated carbocycles. The van der Waals surface area contributed by atoms with Crippen molar-refractivity contribution in [2.75, 3.05) is 43.5 Å². The second kappa shape index (κ2) is 16.6. The molecule has 0 saturated heterocycles. The van der Waals surface area contributed by atoms with Gasteiger partial charge in [-0.15, -0.1) is 0 Å². The van der Waals surface area contributed by atoms with Gasteiger partial charge in [0.1, 0.15) is 12.4 Å². The van der Waals surface area contributed by atoms with Gasteiger partial charge in [-0.1, -0.05) is 37.6 Å². The molecule has 0 aliphatic carbocycles. The molecule has 0 spiro atoms. The number of amides is 2.